The predicted molar refractivity (Wildman–Crippen MR) is 110 cm³/mol. The van der Waals surface area contributed by atoms with Crippen LogP contribution >= 0.6 is 11.8 Å². The van der Waals surface area contributed by atoms with Gasteiger partial charge in [-0.25, -0.2) is 4.68 Å². The molecule has 0 unspecified atom stereocenters. The summed E-state index contributed by atoms with van der Waals surface area (Å²) < 4.78 is 3.52. The number of nitrogens with two attached hydrogens (primary N) is 1. The Kier molecular flexibility index (Phi) is 6.65. The van der Waals surface area contributed by atoms with Gasteiger partial charge in [-0.05, 0) is 12.5 Å². The molecule has 0 aliphatic heterocycles. The average Bonchev–Trinajstić information content (AvgIpc) is 3.25. The van der Waals surface area contributed by atoms with Crippen LogP contribution in [0.3, 0.4) is 0 Å². The van der Waals surface area contributed by atoms with Gasteiger partial charge in [-0.15, -0.1) is 10.2 Å². The first kappa shape index (κ1) is 20.6. The summed E-state index contributed by atoms with van der Waals surface area (Å²) >= 11 is 1.28. The summed E-state index contributed by atoms with van der Waals surface area (Å²) in [5, 5.41) is 15.9. The van der Waals surface area contributed by atoms with Crippen molar-refractivity contribution in [3.8, 4) is 0 Å². The maximum absolute atomic E-state index is 12.4. The molecule has 0 saturated carbocycles. The van der Waals surface area contributed by atoms with Crippen molar-refractivity contribution >= 4 is 29.4 Å². The van der Waals surface area contributed by atoms with Crippen LogP contribution in [0.25, 0.3) is 0 Å². The van der Waals surface area contributed by atoms with Crippen molar-refractivity contribution in [2.24, 2.45) is 12.8 Å². The molecule has 2 aromatic heterocycles. The molecule has 9 nitrogen and oxygen atoms in total. The van der Waals surface area contributed by atoms with Crippen LogP contribution in [0, 0.1) is 6.92 Å². The number of benzene rings is 1. The number of nitrogens with zero attached hydrogens (tertiary/aromatic N) is 5. The molecule has 0 bridgehead atoms. The maximum atomic E-state index is 12.4. The number of carbonyl (C=O) groups is 2. The predicted octanol–water partition coefficient (Wildman–Crippen LogP) is 1.52. The molecule has 3 N–H and O–H groups in total. The number of hydrogen-bond donors (Lipinski definition) is 2. The lowest BCUT2D eigenvalue weighted by atomic mass is 10.1. The van der Waals surface area contributed by atoms with Gasteiger partial charge < -0.3 is 15.6 Å². The molecule has 10 heteroatoms. The molecule has 0 saturated heterocycles. The number of nitrogens with one attached hydrogen (secondary N) is 1. The zero-order valence-electron chi connectivity index (χ0n) is 16.3. The zero-order chi connectivity index (χ0) is 20.8. The SMILES string of the molecule is Cc1cccc(Cn2nccc2NC(=O)CSc2nnc(CCC(N)=O)n2C)c1. The molecule has 2 heterocycles. The van der Waals surface area contributed by atoms with Crippen LogP contribution in [0.1, 0.15) is 23.4 Å². The van der Waals surface area contributed by atoms with E-state index in [1.54, 1.807) is 28.6 Å². The molecule has 0 aliphatic rings. The molecule has 1 aromatic carbocycles. The lowest BCUT2D eigenvalue weighted by Gasteiger charge is -2.09. The minimum absolute atomic E-state index is 0.164. The molecule has 0 fully saturated rings. The monoisotopic (exact) mass is 413 g/mol. The number of rotatable bonds is 9. The Labute approximate surface area is 172 Å². The van der Waals surface area contributed by atoms with E-state index in [9.17, 15) is 9.59 Å². The zero-order valence-corrected chi connectivity index (χ0v) is 17.1. The van der Waals surface area contributed by atoms with E-state index in [1.165, 1.54) is 17.3 Å². The van der Waals surface area contributed by atoms with Gasteiger partial charge in [-0.2, -0.15) is 5.10 Å². The van der Waals surface area contributed by atoms with E-state index < -0.39 is 0 Å². The first-order valence-corrected chi connectivity index (χ1v) is 10.1. The van der Waals surface area contributed by atoms with Crippen LogP contribution in [-0.2, 0) is 29.6 Å². The summed E-state index contributed by atoms with van der Waals surface area (Å²) in [7, 11) is 1.80. The van der Waals surface area contributed by atoms with Crippen molar-refractivity contribution in [1.82, 2.24) is 24.5 Å². The molecule has 152 valence electrons. The third-order valence-electron chi connectivity index (χ3n) is 4.25. The Morgan fingerprint density at radius 1 is 1.24 bits per heavy atom. The van der Waals surface area contributed by atoms with E-state index in [0.717, 1.165) is 5.56 Å². The molecule has 3 rings (SSSR count). The van der Waals surface area contributed by atoms with Gasteiger partial charge in [0, 0.05) is 26.0 Å². The number of carbonyl (C=O) groups excluding carboxylic acids is 2. The smallest absolute Gasteiger partial charge is 0.235 e. The minimum Gasteiger partial charge on any atom is -0.370 e. The first-order chi connectivity index (χ1) is 13.9. The average molecular weight is 414 g/mol. The van der Waals surface area contributed by atoms with Gasteiger partial charge in [0.15, 0.2) is 5.16 Å². The molecule has 2 amide bonds. The molecule has 0 aliphatic carbocycles. The van der Waals surface area contributed by atoms with Gasteiger partial charge in [0.1, 0.15) is 11.6 Å². The second kappa shape index (κ2) is 9.37. The van der Waals surface area contributed by atoms with Gasteiger partial charge >= 0.3 is 0 Å². The molecular formula is C19H23N7O2S. The largest absolute Gasteiger partial charge is 0.370 e. The molecule has 0 spiro atoms. The molecule has 3 aromatic rings. The van der Waals surface area contributed by atoms with Gasteiger partial charge in [0.05, 0.1) is 18.5 Å². The topological polar surface area (TPSA) is 121 Å². The van der Waals surface area contributed by atoms with Crippen LogP contribution < -0.4 is 11.1 Å². The van der Waals surface area contributed by atoms with Crippen LogP contribution in [-0.4, -0.2) is 42.1 Å². The van der Waals surface area contributed by atoms with Crippen LogP contribution in [0.15, 0.2) is 41.7 Å². The van der Waals surface area contributed by atoms with E-state index in [1.807, 2.05) is 25.1 Å². The summed E-state index contributed by atoms with van der Waals surface area (Å²) in [6, 6.07) is 9.93. The Bertz CT molecular complexity index is 1010. The number of hydrogen-bond acceptors (Lipinski definition) is 6. The fourth-order valence-corrected chi connectivity index (χ4v) is 3.51. The molecular weight excluding hydrogens is 390 g/mol. The second-order valence-corrected chi connectivity index (χ2v) is 7.57. The van der Waals surface area contributed by atoms with Gasteiger partial charge in [0.25, 0.3) is 0 Å². The Morgan fingerprint density at radius 2 is 2.07 bits per heavy atom. The van der Waals surface area contributed by atoms with E-state index in [2.05, 4.69) is 26.7 Å². The molecule has 0 atom stereocenters. The van der Waals surface area contributed by atoms with Crippen molar-refractivity contribution in [2.45, 2.75) is 31.5 Å². The minimum atomic E-state index is -0.385. The highest BCUT2D eigenvalue weighted by Gasteiger charge is 2.13. The molecule has 0 radical (unpaired) electrons. The number of anilines is 1. The lowest BCUT2D eigenvalue weighted by Crippen LogP contribution is -2.18. The van der Waals surface area contributed by atoms with Crippen LogP contribution in [0.5, 0.6) is 0 Å². The Morgan fingerprint density at radius 3 is 2.83 bits per heavy atom. The van der Waals surface area contributed by atoms with Crippen molar-refractivity contribution in [3.63, 3.8) is 0 Å². The first-order valence-electron chi connectivity index (χ1n) is 9.09. The van der Waals surface area contributed by atoms with E-state index in [0.29, 0.717) is 29.8 Å². The summed E-state index contributed by atoms with van der Waals surface area (Å²) in [4.78, 5) is 23.3. The van der Waals surface area contributed by atoms with Gasteiger partial charge in [-0.1, -0.05) is 41.6 Å². The van der Waals surface area contributed by atoms with Gasteiger partial charge in [0.2, 0.25) is 11.8 Å². The number of primary amides is 1. The highest BCUT2D eigenvalue weighted by Crippen LogP contribution is 2.17. The third kappa shape index (κ3) is 5.67. The van der Waals surface area contributed by atoms with Crippen LogP contribution in [0.2, 0.25) is 0 Å². The molecule has 29 heavy (non-hydrogen) atoms. The standard InChI is InChI=1S/C19H23N7O2S/c1-13-4-3-5-14(10-13)11-26-16(8-9-21-26)22-18(28)12-29-19-24-23-17(25(19)2)7-6-15(20)27/h3-5,8-10H,6-7,11-12H2,1-2H3,(H2,20,27)(H,22,28). The summed E-state index contributed by atoms with van der Waals surface area (Å²) in [5.74, 6) is 0.920. The lowest BCUT2D eigenvalue weighted by molar-refractivity contribution is -0.118. The Hall–Kier alpha value is -3.14. The van der Waals surface area contributed by atoms with Crippen molar-refractivity contribution in [3.05, 3.63) is 53.5 Å². The quantitative estimate of drug-likeness (QED) is 0.513. The second-order valence-electron chi connectivity index (χ2n) is 6.62. The summed E-state index contributed by atoms with van der Waals surface area (Å²) in [6.45, 7) is 2.61. The summed E-state index contributed by atoms with van der Waals surface area (Å²) in [5.41, 5.74) is 7.46. The van der Waals surface area contributed by atoms with E-state index in [4.69, 9.17) is 5.73 Å². The fourth-order valence-electron chi connectivity index (χ4n) is 2.78. The van der Waals surface area contributed by atoms with E-state index >= 15 is 0 Å². The van der Waals surface area contributed by atoms with Gasteiger partial charge in [-0.3, -0.25) is 9.59 Å². The highest BCUT2D eigenvalue weighted by molar-refractivity contribution is 7.99. The third-order valence-corrected chi connectivity index (χ3v) is 5.27. The maximum Gasteiger partial charge on any atom is 0.235 e. The Balaban J connectivity index is 1.56. The van der Waals surface area contributed by atoms with Crippen molar-refractivity contribution < 1.29 is 9.59 Å². The number of amides is 2. The number of aromatic nitrogens is 5. The normalized spacial score (nSPS) is 10.8. The van der Waals surface area contributed by atoms with Crippen molar-refractivity contribution in [1.29, 1.82) is 0 Å². The van der Waals surface area contributed by atoms with Crippen molar-refractivity contribution in [2.75, 3.05) is 11.1 Å². The summed E-state index contributed by atoms with van der Waals surface area (Å²) in [6.07, 6.45) is 2.29. The number of aryl methyl sites for hydroxylation is 2. The highest BCUT2D eigenvalue weighted by atomic mass is 32.2. The van der Waals surface area contributed by atoms with E-state index in [-0.39, 0.29) is 24.0 Å². The fraction of sp³-hybridized carbons (Fsp3) is 0.316. The number of thioether (sulfide) groups is 1. The van der Waals surface area contributed by atoms with Crippen LogP contribution in [0.4, 0.5) is 5.82 Å².